The van der Waals surface area contributed by atoms with E-state index in [9.17, 15) is 4.79 Å². The van der Waals surface area contributed by atoms with Gasteiger partial charge in [-0.1, -0.05) is 48.5 Å². The lowest BCUT2D eigenvalue weighted by Crippen LogP contribution is -2.25. The summed E-state index contributed by atoms with van der Waals surface area (Å²) in [7, 11) is 0. The number of aromatic nitrogens is 2. The highest BCUT2D eigenvalue weighted by molar-refractivity contribution is 5.76. The molecule has 1 amide bonds. The molecule has 5 heteroatoms. The van der Waals surface area contributed by atoms with Crippen molar-refractivity contribution < 1.29 is 9.53 Å². The van der Waals surface area contributed by atoms with Crippen molar-refractivity contribution in [3.05, 3.63) is 84.2 Å². The monoisotopic (exact) mass is 377 g/mol. The van der Waals surface area contributed by atoms with Crippen molar-refractivity contribution in [1.29, 1.82) is 0 Å². The minimum atomic E-state index is 0.0589. The molecular weight excluding hydrogens is 350 g/mol. The van der Waals surface area contributed by atoms with Gasteiger partial charge in [0.2, 0.25) is 5.91 Å². The van der Waals surface area contributed by atoms with Gasteiger partial charge in [0.1, 0.15) is 0 Å². The number of aryl methyl sites for hydroxylation is 1. The average Bonchev–Trinajstić information content (AvgIpc) is 3.22. The summed E-state index contributed by atoms with van der Waals surface area (Å²) in [6.07, 6.45) is 5.80. The second-order valence-electron chi connectivity index (χ2n) is 6.76. The molecule has 5 nitrogen and oxygen atoms in total. The average molecular weight is 377 g/mol. The molecule has 0 aliphatic rings. The third kappa shape index (κ3) is 6.06. The van der Waals surface area contributed by atoms with E-state index < -0.39 is 0 Å². The van der Waals surface area contributed by atoms with E-state index in [4.69, 9.17) is 4.74 Å². The van der Waals surface area contributed by atoms with Crippen LogP contribution in [0.4, 0.5) is 0 Å². The Morgan fingerprint density at radius 3 is 2.57 bits per heavy atom. The van der Waals surface area contributed by atoms with Gasteiger partial charge in [-0.3, -0.25) is 4.79 Å². The van der Waals surface area contributed by atoms with Crippen molar-refractivity contribution in [3.8, 4) is 5.69 Å². The molecule has 1 aromatic heterocycles. The van der Waals surface area contributed by atoms with Crippen LogP contribution in [0.1, 0.15) is 37.0 Å². The van der Waals surface area contributed by atoms with Crippen LogP contribution in [0.3, 0.4) is 0 Å². The number of carbonyl (C=O) groups excluding carboxylic acids is 1. The second kappa shape index (κ2) is 10.4. The number of carbonyl (C=O) groups is 1. The maximum atomic E-state index is 12.0. The van der Waals surface area contributed by atoms with E-state index in [1.807, 2.05) is 72.5 Å². The Bertz CT molecular complexity index is 847. The van der Waals surface area contributed by atoms with Crippen LogP contribution < -0.4 is 5.32 Å². The summed E-state index contributed by atoms with van der Waals surface area (Å²) in [6, 6.07) is 20.1. The molecule has 3 rings (SSSR count). The first-order valence-electron chi connectivity index (χ1n) is 9.74. The van der Waals surface area contributed by atoms with Crippen LogP contribution in [-0.2, 0) is 16.0 Å². The van der Waals surface area contributed by atoms with Crippen molar-refractivity contribution >= 4 is 5.91 Å². The molecule has 0 radical (unpaired) electrons. The van der Waals surface area contributed by atoms with E-state index in [0.29, 0.717) is 26.0 Å². The fourth-order valence-electron chi connectivity index (χ4n) is 2.94. The minimum Gasteiger partial charge on any atom is -0.374 e. The molecule has 0 spiro atoms. The lowest BCUT2D eigenvalue weighted by Gasteiger charge is -2.13. The van der Waals surface area contributed by atoms with Crippen LogP contribution in [0.15, 0.2) is 73.1 Å². The topological polar surface area (TPSA) is 56.1 Å². The summed E-state index contributed by atoms with van der Waals surface area (Å²) in [4.78, 5) is 12.0. The van der Waals surface area contributed by atoms with E-state index in [0.717, 1.165) is 17.7 Å². The summed E-state index contributed by atoms with van der Waals surface area (Å²) in [6.45, 7) is 3.30. The Balaban J connectivity index is 1.30. The highest BCUT2D eigenvalue weighted by atomic mass is 16.5. The molecule has 0 bridgehead atoms. The summed E-state index contributed by atoms with van der Waals surface area (Å²) in [5.41, 5.74) is 3.24. The summed E-state index contributed by atoms with van der Waals surface area (Å²) in [5.74, 6) is 0.0589. The predicted molar refractivity (Wildman–Crippen MR) is 110 cm³/mol. The van der Waals surface area contributed by atoms with Crippen LogP contribution >= 0.6 is 0 Å². The van der Waals surface area contributed by atoms with E-state index in [1.165, 1.54) is 5.56 Å². The molecule has 1 heterocycles. The van der Waals surface area contributed by atoms with Crippen LogP contribution in [0.5, 0.6) is 0 Å². The van der Waals surface area contributed by atoms with Gasteiger partial charge in [-0.25, -0.2) is 4.68 Å². The third-order valence-corrected chi connectivity index (χ3v) is 4.58. The Morgan fingerprint density at radius 2 is 1.82 bits per heavy atom. The Hall–Kier alpha value is -2.92. The van der Waals surface area contributed by atoms with Gasteiger partial charge in [0.15, 0.2) is 0 Å². The second-order valence-corrected chi connectivity index (χ2v) is 6.76. The zero-order valence-corrected chi connectivity index (χ0v) is 16.3. The zero-order valence-electron chi connectivity index (χ0n) is 16.3. The standard InChI is InChI=1S/C23H27N3O2/c1-19(21-9-4-2-5-10-21)28-16-8-15-24-23(27)14-13-20-17-25-26(18-20)22-11-6-3-7-12-22/h2-7,9-12,17-19H,8,13-16H2,1H3,(H,24,27). The summed E-state index contributed by atoms with van der Waals surface area (Å²) in [5, 5.41) is 7.32. The largest absolute Gasteiger partial charge is 0.374 e. The molecule has 1 atom stereocenters. The Morgan fingerprint density at radius 1 is 1.11 bits per heavy atom. The number of amides is 1. The quantitative estimate of drug-likeness (QED) is 0.542. The maximum absolute atomic E-state index is 12.0. The lowest BCUT2D eigenvalue weighted by atomic mass is 10.1. The number of ether oxygens (including phenoxy) is 1. The molecular formula is C23H27N3O2. The number of para-hydroxylation sites is 1. The zero-order chi connectivity index (χ0) is 19.6. The number of hydrogen-bond donors (Lipinski definition) is 1. The normalized spacial score (nSPS) is 11.9. The van der Waals surface area contributed by atoms with E-state index in [-0.39, 0.29) is 12.0 Å². The number of benzene rings is 2. The molecule has 3 aromatic rings. The van der Waals surface area contributed by atoms with Gasteiger partial charge in [-0.15, -0.1) is 0 Å². The van der Waals surface area contributed by atoms with Gasteiger partial charge in [-0.05, 0) is 43.0 Å². The van der Waals surface area contributed by atoms with Crippen molar-refractivity contribution in [2.75, 3.05) is 13.2 Å². The first-order valence-corrected chi connectivity index (χ1v) is 9.74. The fourth-order valence-corrected chi connectivity index (χ4v) is 2.94. The summed E-state index contributed by atoms with van der Waals surface area (Å²) < 4.78 is 7.65. The first-order chi connectivity index (χ1) is 13.7. The van der Waals surface area contributed by atoms with E-state index in [2.05, 4.69) is 22.5 Å². The lowest BCUT2D eigenvalue weighted by molar-refractivity contribution is -0.121. The van der Waals surface area contributed by atoms with Crippen molar-refractivity contribution in [2.45, 2.75) is 32.3 Å². The van der Waals surface area contributed by atoms with Gasteiger partial charge in [0, 0.05) is 25.8 Å². The molecule has 0 saturated heterocycles. The molecule has 0 fully saturated rings. The highest BCUT2D eigenvalue weighted by Crippen LogP contribution is 2.15. The van der Waals surface area contributed by atoms with E-state index in [1.54, 1.807) is 0 Å². The molecule has 2 aromatic carbocycles. The van der Waals surface area contributed by atoms with Gasteiger partial charge in [0.25, 0.3) is 0 Å². The molecule has 28 heavy (non-hydrogen) atoms. The third-order valence-electron chi connectivity index (χ3n) is 4.58. The maximum Gasteiger partial charge on any atom is 0.220 e. The summed E-state index contributed by atoms with van der Waals surface area (Å²) >= 11 is 0. The SMILES string of the molecule is CC(OCCCNC(=O)CCc1cnn(-c2ccccc2)c1)c1ccccc1. The van der Waals surface area contributed by atoms with Crippen LogP contribution in [0.25, 0.3) is 5.69 Å². The van der Waals surface area contributed by atoms with Gasteiger partial charge < -0.3 is 10.1 Å². The van der Waals surface area contributed by atoms with Crippen LogP contribution in [0, 0.1) is 0 Å². The number of nitrogens with one attached hydrogen (secondary N) is 1. The predicted octanol–water partition coefficient (Wildman–Crippen LogP) is 4.09. The Labute approximate surface area is 166 Å². The number of hydrogen-bond acceptors (Lipinski definition) is 3. The Kier molecular flexibility index (Phi) is 7.38. The van der Waals surface area contributed by atoms with Crippen LogP contribution in [0.2, 0.25) is 0 Å². The van der Waals surface area contributed by atoms with Gasteiger partial charge >= 0.3 is 0 Å². The number of rotatable bonds is 10. The molecule has 1 N–H and O–H groups in total. The minimum absolute atomic E-state index is 0.0589. The van der Waals surface area contributed by atoms with E-state index >= 15 is 0 Å². The van der Waals surface area contributed by atoms with Crippen molar-refractivity contribution in [3.63, 3.8) is 0 Å². The highest BCUT2D eigenvalue weighted by Gasteiger charge is 2.06. The number of nitrogens with zero attached hydrogens (tertiary/aromatic N) is 2. The molecule has 1 unspecified atom stereocenters. The molecule has 0 aliphatic carbocycles. The van der Waals surface area contributed by atoms with Crippen LogP contribution in [-0.4, -0.2) is 28.8 Å². The van der Waals surface area contributed by atoms with Crippen molar-refractivity contribution in [2.24, 2.45) is 0 Å². The fraction of sp³-hybridized carbons (Fsp3) is 0.304. The first kappa shape index (κ1) is 19.8. The van der Waals surface area contributed by atoms with Crippen molar-refractivity contribution in [1.82, 2.24) is 15.1 Å². The van der Waals surface area contributed by atoms with Gasteiger partial charge in [0.05, 0.1) is 18.0 Å². The molecule has 0 saturated carbocycles. The smallest absolute Gasteiger partial charge is 0.220 e. The molecule has 146 valence electrons. The van der Waals surface area contributed by atoms with Gasteiger partial charge in [-0.2, -0.15) is 5.10 Å². The molecule has 0 aliphatic heterocycles.